The summed E-state index contributed by atoms with van der Waals surface area (Å²) in [4.78, 5) is 27.6. The molecule has 0 bridgehead atoms. The Morgan fingerprint density at radius 3 is 2.68 bits per heavy atom. The molecule has 0 fully saturated rings. The van der Waals surface area contributed by atoms with Crippen LogP contribution < -0.4 is 0 Å². The van der Waals surface area contributed by atoms with E-state index in [1.807, 2.05) is 19.9 Å². The van der Waals surface area contributed by atoms with Gasteiger partial charge in [0.2, 0.25) is 0 Å². The molecule has 0 aliphatic rings. The lowest BCUT2D eigenvalue weighted by Crippen LogP contribution is -2.16. The monoisotopic (exact) mass is 257 g/mol. The zero-order valence-electron chi connectivity index (χ0n) is 11.0. The Morgan fingerprint density at radius 2 is 2.11 bits per heavy atom. The summed E-state index contributed by atoms with van der Waals surface area (Å²) >= 11 is 0. The molecule has 0 spiro atoms. The largest absolute Gasteiger partial charge is 0.297 e. The molecule has 0 aliphatic heterocycles. The number of aromatic nitrogens is 3. The molecule has 0 atom stereocenters. The van der Waals surface area contributed by atoms with Crippen molar-refractivity contribution in [3.05, 3.63) is 47.5 Å². The highest BCUT2D eigenvalue weighted by molar-refractivity contribution is 6.07. The smallest absolute Gasteiger partial charge is 0.171 e. The summed E-state index contributed by atoms with van der Waals surface area (Å²) < 4.78 is 1.62. The van der Waals surface area contributed by atoms with E-state index in [1.54, 1.807) is 23.0 Å². The van der Waals surface area contributed by atoms with Crippen molar-refractivity contribution in [3.63, 3.8) is 0 Å². The molecule has 98 valence electrons. The van der Waals surface area contributed by atoms with Crippen LogP contribution in [0, 0.1) is 13.8 Å². The van der Waals surface area contributed by atoms with Gasteiger partial charge < -0.3 is 0 Å². The van der Waals surface area contributed by atoms with E-state index in [2.05, 4.69) is 10.1 Å². The van der Waals surface area contributed by atoms with Gasteiger partial charge in [-0.3, -0.25) is 19.3 Å². The second-order valence-electron chi connectivity index (χ2n) is 4.47. The highest BCUT2D eigenvalue weighted by Gasteiger charge is 2.13. The van der Waals surface area contributed by atoms with Crippen LogP contribution >= 0.6 is 0 Å². The number of carbonyl (C=O) groups is 2. The standard InChI is InChI=1S/C14H15N3O2/c1-10-6-11(2)17(16-10)9-13(18)7-14(19)12-4-3-5-15-8-12/h3-6,8H,7,9H2,1-2H3. The molecule has 0 radical (unpaired) electrons. The predicted octanol–water partition coefficient (Wildman–Crippen LogP) is 1.74. The summed E-state index contributed by atoms with van der Waals surface area (Å²) in [6.45, 7) is 3.89. The number of rotatable bonds is 5. The normalized spacial score (nSPS) is 10.4. The Labute approximate surface area is 111 Å². The quantitative estimate of drug-likeness (QED) is 0.604. The third-order valence-corrected chi connectivity index (χ3v) is 2.77. The molecule has 0 saturated heterocycles. The number of hydrogen-bond donors (Lipinski definition) is 0. The molecule has 19 heavy (non-hydrogen) atoms. The van der Waals surface area contributed by atoms with Gasteiger partial charge in [0.1, 0.15) is 6.54 Å². The molecular weight excluding hydrogens is 242 g/mol. The number of aryl methyl sites for hydroxylation is 2. The van der Waals surface area contributed by atoms with Crippen molar-refractivity contribution in [1.29, 1.82) is 0 Å². The molecular formula is C14H15N3O2. The van der Waals surface area contributed by atoms with Crippen LogP contribution in [0.2, 0.25) is 0 Å². The third-order valence-electron chi connectivity index (χ3n) is 2.77. The summed E-state index contributed by atoms with van der Waals surface area (Å²) in [5, 5.41) is 4.20. The molecule has 0 aromatic carbocycles. The molecule has 0 N–H and O–H groups in total. The third kappa shape index (κ3) is 3.34. The van der Waals surface area contributed by atoms with Gasteiger partial charge in [0.25, 0.3) is 0 Å². The Morgan fingerprint density at radius 1 is 1.32 bits per heavy atom. The van der Waals surface area contributed by atoms with Gasteiger partial charge in [-0.25, -0.2) is 0 Å². The van der Waals surface area contributed by atoms with Crippen molar-refractivity contribution < 1.29 is 9.59 Å². The van der Waals surface area contributed by atoms with Crippen molar-refractivity contribution >= 4 is 11.6 Å². The maximum Gasteiger partial charge on any atom is 0.171 e. The second-order valence-corrected chi connectivity index (χ2v) is 4.47. The average Bonchev–Trinajstić information content (AvgIpc) is 2.68. The van der Waals surface area contributed by atoms with Gasteiger partial charge in [-0.05, 0) is 32.0 Å². The molecule has 2 rings (SSSR count). The topological polar surface area (TPSA) is 64.8 Å². The zero-order valence-corrected chi connectivity index (χ0v) is 11.0. The van der Waals surface area contributed by atoms with Crippen LogP contribution in [0.3, 0.4) is 0 Å². The van der Waals surface area contributed by atoms with Gasteiger partial charge in [0.05, 0.1) is 12.1 Å². The zero-order chi connectivity index (χ0) is 13.8. The maximum atomic E-state index is 11.9. The predicted molar refractivity (Wildman–Crippen MR) is 69.9 cm³/mol. The van der Waals surface area contributed by atoms with Crippen LogP contribution in [0.15, 0.2) is 30.6 Å². The van der Waals surface area contributed by atoms with E-state index >= 15 is 0 Å². The average molecular weight is 257 g/mol. The first-order valence-corrected chi connectivity index (χ1v) is 6.02. The Balaban J connectivity index is 1.99. The van der Waals surface area contributed by atoms with Crippen molar-refractivity contribution in [1.82, 2.24) is 14.8 Å². The summed E-state index contributed by atoms with van der Waals surface area (Å²) in [6, 6.07) is 5.24. The fourth-order valence-electron chi connectivity index (χ4n) is 1.87. The number of Topliss-reactive ketones (excluding diaryl/α,β-unsaturated/α-hetero) is 2. The van der Waals surface area contributed by atoms with E-state index in [0.717, 1.165) is 11.4 Å². The lowest BCUT2D eigenvalue weighted by molar-refractivity contribution is -0.119. The van der Waals surface area contributed by atoms with E-state index in [0.29, 0.717) is 5.56 Å². The van der Waals surface area contributed by atoms with Crippen LogP contribution in [-0.2, 0) is 11.3 Å². The molecule has 2 aromatic heterocycles. The van der Waals surface area contributed by atoms with Crippen molar-refractivity contribution in [2.45, 2.75) is 26.8 Å². The first kappa shape index (κ1) is 13.1. The maximum absolute atomic E-state index is 11.9. The van der Waals surface area contributed by atoms with Gasteiger partial charge in [-0.2, -0.15) is 5.10 Å². The molecule has 5 heteroatoms. The minimum absolute atomic E-state index is 0.121. The van der Waals surface area contributed by atoms with Crippen LogP contribution in [0.5, 0.6) is 0 Å². The molecule has 5 nitrogen and oxygen atoms in total. The minimum atomic E-state index is -0.209. The van der Waals surface area contributed by atoms with Gasteiger partial charge in [0, 0.05) is 23.7 Å². The van der Waals surface area contributed by atoms with Crippen LogP contribution in [0.4, 0.5) is 0 Å². The summed E-state index contributed by atoms with van der Waals surface area (Å²) in [7, 11) is 0. The van der Waals surface area contributed by atoms with E-state index in [-0.39, 0.29) is 24.5 Å². The van der Waals surface area contributed by atoms with Gasteiger partial charge >= 0.3 is 0 Å². The van der Waals surface area contributed by atoms with Crippen LogP contribution in [0.25, 0.3) is 0 Å². The fraction of sp³-hybridized carbons (Fsp3) is 0.286. The highest BCUT2D eigenvalue weighted by atomic mass is 16.1. The molecule has 0 aliphatic carbocycles. The van der Waals surface area contributed by atoms with Crippen molar-refractivity contribution in [2.24, 2.45) is 0 Å². The summed E-state index contributed by atoms with van der Waals surface area (Å²) in [5.74, 6) is -0.361. The van der Waals surface area contributed by atoms with E-state index in [4.69, 9.17) is 0 Å². The molecule has 0 saturated carbocycles. The van der Waals surface area contributed by atoms with Gasteiger partial charge in [0.15, 0.2) is 11.6 Å². The summed E-state index contributed by atoms with van der Waals surface area (Å²) in [5.41, 5.74) is 2.24. The number of ketones is 2. The number of carbonyl (C=O) groups excluding carboxylic acids is 2. The second kappa shape index (κ2) is 5.56. The number of nitrogens with zero attached hydrogens (tertiary/aromatic N) is 3. The van der Waals surface area contributed by atoms with Crippen molar-refractivity contribution in [3.8, 4) is 0 Å². The first-order chi connectivity index (χ1) is 9.06. The fourth-order valence-corrected chi connectivity index (χ4v) is 1.87. The minimum Gasteiger partial charge on any atom is -0.297 e. The van der Waals surface area contributed by atoms with E-state index < -0.39 is 0 Å². The van der Waals surface area contributed by atoms with Gasteiger partial charge in [-0.1, -0.05) is 0 Å². The van der Waals surface area contributed by atoms with E-state index in [9.17, 15) is 9.59 Å². The van der Waals surface area contributed by atoms with Gasteiger partial charge in [-0.15, -0.1) is 0 Å². The van der Waals surface area contributed by atoms with Crippen LogP contribution in [0.1, 0.15) is 28.2 Å². The van der Waals surface area contributed by atoms with E-state index in [1.165, 1.54) is 6.20 Å². The first-order valence-electron chi connectivity index (χ1n) is 6.02. The SMILES string of the molecule is Cc1cc(C)n(CC(=O)CC(=O)c2cccnc2)n1. The Kier molecular flexibility index (Phi) is 3.85. The Bertz CT molecular complexity index is 602. The summed E-state index contributed by atoms with van der Waals surface area (Å²) in [6.07, 6.45) is 2.94. The number of pyridine rings is 1. The lowest BCUT2D eigenvalue weighted by atomic mass is 10.1. The number of hydrogen-bond acceptors (Lipinski definition) is 4. The lowest BCUT2D eigenvalue weighted by Gasteiger charge is -2.03. The molecule has 2 aromatic rings. The van der Waals surface area contributed by atoms with Crippen LogP contribution in [-0.4, -0.2) is 26.3 Å². The van der Waals surface area contributed by atoms with Crippen molar-refractivity contribution in [2.75, 3.05) is 0 Å². The molecule has 0 unspecified atom stereocenters. The highest BCUT2D eigenvalue weighted by Crippen LogP contribution is 2.05. The Hall–Kier alpha value is -2.30. The molecule has 2 heterocycles. The molecule has 0 amide bonds.